The summed E-state index contributed by atoms with van der Waals surface area (Å²) in [5.41, 5.74) is 7.14. The van der Waals surface area contributed by atoms with Crippen LogP contribution in [0.2, 0.25) is 0 Å². The van der Waals surface area contributed by atoms with Crippen LogP contribution in [0.15, 0.2) is 59.1 Å². The molecule has 0 bridgehead atoms. The van der Waals surface area contributed by atoms with Crippen LogP contribution in [0.25, 0.3) is 11.3 Å². The highest BCUT2D eigenvalue weighted by atomic mass is 16.5. The molecule has 3 rings (SSSR count). The molecule has 0 fully saturated rings. The van der Waals surface area contributed by atoms with Crippen LogP contribution in [0, 0.1) is 0 Å². The lowest BCUT2D eigenvalue weighted by atomic mass is 10.1. The molecule has 0 atom stereocenters. The molecular formula is C18H16N2O4. The second-order valence-corrected chi connectivity index (χ2v) is 5.04. The quantitative estimate of drug-likeness (QED) is 0.753. The molecule has 3 aromatic rings. The topological polar surface area (TPSA) is 87.6 Å². The van der Waals surface area contributed by atoms with E-state index < -0.39 is 5.91 Å². The molecule has 1 aromatic heterocycles. The van der Waals surface area contributed by atoms with E-state index in [0.29, 0.717) is 17.2 Å². The first-order valence-corrected chi connectivity index (χ1v) is 7.29. The molecule has 6 heteroatoms. The molecule has 0 saturated carbocycles. The highest BCUT2D eigenvalue weighted by Gasteiger charge is 2.16. The lowest BCUT2D eigenvalue weighted by Crippen LogP contribution is -2.13. The van der Waals surface area contributed by atoms with Crippen molar-refractivity contribution in [2.24, 2.45) is 5.73 Å². The van der Waals surface area contributed by atoms with Crippen molar-refractivity contribution in [3.8, 4) is 22.8 Å². The Morgan fingerprint density at radius 3 is 2.67 bits per heavy atom. The Hall–Kier alpha value is -3.28. The molecule has 24 heavy (non-hydrogen) atoms. The van der Waals surface area contributed by atoms with Gasteiger partial charge in [0.2, 0.25) is 0 Å². The molecule has 0 aliphatic rings. The van der Waals surface area contributed by atoms with Gasteiger partial charge in [-0.1, -0.05) is 41.6 Å². The number of ether oxygens (including phenoxy) is 2. The van der Waals surface area contributed by atoms with Gasteiger partial charge in [0.15, 0.2) is 17.3 Å². The van der Waals surface area contributed by atoms with E-state index in [9.17, 15) is 4.79 Å². The SMILES string of the molecule is COc1cccc(C(N)=O)c1OCc1cc(-c2ccccc2)on1. The lowest BCUT2D eigenvalue weighted by molar-refractivity contribution is 0.0995. The summed E-state index contributed by atoms with van der Waals surface area (Å²) in [5, 5.41) is 3.98. The Bertz CT molecular complexity index is 843. The number of hydrogen-bond donors (Lipinski definition) is 1. The lowest BCUT2D eigenvalue weighted by Gasteiger charge is -2.12. The fourth-order valence-corrected chi connectivity index (χ4v) is 2.28. The predicted octanol–water partition coefficient (Wildman–Crippen LogP) is 3.03. The number of hydrogen-bond acceptors (Lipinski definition) is 5. The Morgan fingerprint density at radius 2 is 1.96 bits per heavy atom. The van der Waals surface area contributed by atoms with Gasteiger partial charge in [0, 0.05) is 11.6 Å². The summed E-state index contributed by atoms with van der Waals surface area (Å²) in [7, 11) is 1.50. The third kappa shape index (κ3) is 3.22. The summed E-state index contributed by atoms with van der Waals surface area (Å²) in [6, 6.07) is 16.4. The van der Waals surface area contributed by atoms with E-state index in [4.69, 9.17) is 19.7 Å². The number of nitrogens with two attached hydrogens (primary N) is 1. The zero-order chi connectivity index (χ0) is 16.9. The normalized spacial score (nSPS) is 10.4. The van der Waals surface area contributed by atoms with E-state index in [0.717, 1.165) is 5.56 Å². The number of benzene rings is 2. The summed E-state index contributed by atoms with van der Waals surface area (Å²) in [6.07, 6.45) is 0. The van der Waals surface area contributed by atoms with Crippen molar-refractivity contribution in [1.82, 2.24) is 5.16 Å². The first kappa shape index (κ1) is 15.6. The molecule has 0 aliphatic carbocycles. The number of methoxy groups -OCH3 is 1. The minimum atomic E-state index is -0.589. The molecule has 2 N–H and O–H groups in total. The zero-order valence-corrected chi connectivity index (χ0v) is 13.1. The van der Waals surface area contributed by atoms with Crippen LogP contribution in [0.4, 0.5) is 0 Å². The van der Waals surface area contributed by atoms with Gasteiger partial charge in [-0.05, 0) is 12.1 Å². The van der Waals surface area contributed by atoms with Gasteiger partial charge in [-0.15, -0.1) is 0 Å². The summed E-state index contributed by atoms with van der Waals surface area (Å²) in [4.78, 5) is 11.5. The highest BCUT2D eigenvalue weighted by Crippen LogP contribution is 2.31. The van der Waals surface area contributed by atoms with Crippen molar-refractivity contribution < 1.29 is 18.8 Å². The largest absolute Gasteiger partial charge is 0.493 e. The molecular weight excluding hydrogens is 308 g/mol. The number of para-hydroxylation sites is 1. The smallest absolute Gasteiger partial charge is 0.252 e. The van der Waals surface area contributed by atoms with Crippen LogP contribution in [0.1, 0.15) is 16.1 Å². The maximum atomic E-state index is 11.5. The second-order valence-electron chi connectivity index (χ2n) is 5.04. The minimum absolute atomic E-state index is 0.122. The first-order valence-electron chi connectivity index (χ1n) is 7.29. The van der Waals surface area contributed by atoms with Gasteiger partial charge in [0.1, 0.15) is 12.3 Å². The Balaban J connectivity index is 1.80. The molecule has 0 unspecified atom stereocenters. The number of primary amides is 1. The maximum Gasteiger partial charge on any atom is 0.252 e. The van der Waals surface area contributed by atoms with Crippen LogP contribution < -0.4 is 15.2 Å². The fourth-order valence-electron chi connectivity index (χ4n) is 2.28. The third-order valence-corrected chi connectivity index (χ3v) is 3.45. The molecule has 0 spiro atoms. The molecule has 1 amide bonds. The molecule has 122 valence electrons. The molecule has 6 nitrogen and oxygen atoms in total. The van der Waals surface area contributed by atoms with Crippen LogP contribution in [0.3, 0.4) is 0 Å². The van der Waals surface area contributed by atoms with E-state index >= 15 is 0 Å². The van der Waals surface area contributed by atoms with Gasteiger partial charge in [-0.2, -0.15) is 0 Å². The Morgan fingerprint density at radius 1 is 1.17 bits per heavy atom. The molecule has 0 radical (unpaired) electrons. The summed E-state index contributed by atoms with van der Waals surface area (Å²) in [5.74, 6) is 0.771. The predicted molar refractivity (Wildman–Crippen MR) is 87.8 cm³/mol. The Kier molecular flexibility index (Phi) is 4.47. The van der Waals surface area contributed by atoms with Crippen LogP contribution in [-0.2, 0) is 6.61 Å². The fraction of sp³-hybridized carbons (Fsp3) is 0.111. The van der Waals surface area contributed by atoms with Gasteiger partial charge in [-0.25, -0.2) is 0 Å². The summed E-state index contributed by atoms with van der Waals surface area (Å²) < 4.78 is 16.3. The summed E-state index contributed by atoms with van der Waals surface area (Å²) in [6.45, 7) is 0.122. The number of amides is 1. The minimum Gasteiger partial charge on any atom is -0.493 e. The maximum absolute atomic E-state index is 11.5. The van der Waals surface area contributed by atoms with Crippen molar-refractivity contribution in [3.05, 3.63) is 65.9 Å². The van der Waals surface area contributed by atoms with Crippen molar-refractivity contribution in [2.75, 3.05) is 7.11 Å². The van der Waals surface area contributed by atoms with Gasteiger partial charge >= 0.3 is 0 Å². The number of carbonyl (C=O) groups is 1. The number of aromatic nitrogens is 1. The molecule has 0 saturated heterocycles. The molecule has 1 heterocycles. The van der Waals surface area contributed by atoms with Gasteiger partial charge in [0.05, 0.1) is 12.7 Å². The number of rotatable bonds is 6. The first-order chi connectivity index (χ1) is 11.7. The van der Waals surface area contributed by atoms with E-state index in [-0.39, 0.29) is 17.9 Å². The Labute approximate surface area is 138 Å². The van der Waals surface area contributed by atoms with Crippen molar-refractivity contribution >= 4 is 5.91 Å². The summed E-state index contributed by atoms with van der Waals surface area (Å²) >= 11 is 0. The van der Waals surface area contributed by atoms with E-state index in [1.807, 2.05) is 30.3 Å². The van der Waals surface area contributed by atoms with Gasteiger partial charge in [-0.3, -0.25) is 4.79 Å². The highest BCUT2D eigenvalue weighted by molar-refractivity contribution is 5.96. The van der Waals surface area contributed by atoms with Crippen LogP contribution >= 0.6 is 0 Å². The third-order valence-electron chi connectivity index (χ3n) is 3.45. The number of nitrogens with zero attached hydrogens (tertiary/aromatic N) is 1. The second kappa shape index (κ2) is 6.87. The molecule has 0 aliphatic heterocycles. The number of carbonyl (C=O) groups excluding carboxylic acids is 1. The van der Waals surface area contributed by atoms with E-state index in [1.165, 1.54) is 7.11 Å². The van der Waals surface area contributed by atoms with Crippen molar-refractivity contribution in [3.63, 3.8) is 0 Å². The van der Waals surface area contributed by atoms with Crippen LogP contribution in [-0.4, -0.2) is 18.2 Å². The average Bonchev–Trinajstić information content (AvgIpc) is 3.09. The molecule has 2 aromatic carbocycles. The van der Waals surface area contributed by atoms with Gasteiger partial charge in [0.25, 0.3) is 5.91 Å². The van der Waals surface area contributed by atoms with Crippen LogP contribution in [0.5, 0.6) is 11.5 Å². The van der Waals surface area contributed by atoms with Gasteiger partial charge < -0.3 is 19.7 Å². The average molecular weight is 324 g/mol. The van der Waals surface area contributed by atoms with Crippen molar-refractivity contribution in [1.29, 1.82) is 0 Å². The monoisotopic (exact) mass is 324 g/mol. The standard InChI is InChI=1S/C18H16N2O4/c1-22-15-9-5-8-14(18(19)21)17(15)23-11-13-10-16(24-20-13)12-6-3-2-4-7-12/h2-10H,11H2,1H3,(H2,19,21). The van der Waals surface area contributed by atoms with Crippen molar-refractivity contribution in [2.45, 2.75) is 6.61 Å². The van der Waals surface area contributed by atoms with E-state index in [2.05, 4.69) is 5.16 Å². The zero-order valence-electron chi connectivity index (χ0n) is 13.1. The van der Waals surface area contributed by atoms with E-state index in [1.54, 1.807) is 24.3 Å².